The van der Waals surface area contributed by atoms with Gasteiger partial charge in [0.1, 0.15) is 6.54 Å². The summed E-state index contributed by atoms with van der Waals surface area (Å²) < 4.78 is 41.3. The first-order valence-corrected chi connectivity index (χ1v) is 8.37. The number of imidazole rings is 1. The molecule has 0 aliphatic rings. The third-order valence-electron chi connectivity index (χ3n) is 4.15. The van der Waals surface area contributed by atoms with E-state index in [2.05, 4.69) is 4.98 Å². The van der Waals surface area contributed by atoms with Crippen molar-refractivity contribution in [3.63, 3.8) is 0 Å². The molecule has 9 heteroatoms. The zero-order valence-corrected chi connectivity index (χ0v) is 15.1. The molecule has 2 heterocycles. The second kappa shape index (κ2) is 6.74. The molecule has 0 fully saturated rings. The molecular formula is C18H14ClF3N4O. The zero-order chi connectivity index (χ0) is 19.9. The Bertz CT molecular complexity index is 1120. The summed E-state index contributed by atoms with van der Waals surface area (Å²) in [6.07, 6.45) is -3.83. The van der Waals surface area contributed by atoms with E-state index in [9.17, 15) is 18.0 Å². The molecular weight excluding hydrogens is 381 g/mol. The van der Waals surface area contributed by atoms with Gasteiger partial charge in [0.15, 0.2) is 0 Å². The Hall–Kier alpha value is -2.79. The summed E-state index contributed by atoms with van der Waals surface area (Å²) in [5.41, 5.74) is 0.464. The van der Waals surface area contributed by atoms with Gasteiger partial charge >= 0.3 is 11.9 Å². The monoisotopic (exact) mass is 394 g/mol. The predicted molar refractivity (Wildman–Crippen MR) is 95.4 cm³/mol. The van der Waals surface area contributed by atoms with Crippen molar-refractivity contribution in [1.82, 2.24) is 14.1 Å². The molecule has 0 spiro atoms. The van der Waals surface area contributed by atoms with E-state index in [-0.39, 0.29) is 29.0 Å². The van der Waals surface area contributed by atoms with Crippen molar-refractivity contribution in [3.05, 3.63) is 51.5 Å². The SMILES string of the molecule is CC(C)n1c(=O)n(CC#N)c2cc(-c3ncc(C(F)(F)F)cc3Cl)ccc21. The van der Waals surface area contributed by atoms with Crippen molar-refractivity contribution in [1.29, 1.82) is 5.26 Å². The Labute approximate surface area is 157 Å². The van der Waals surface area contributed by atoms with E-state index in [1.807, 2.05) is 19.9 Å². The lowest BCUT2D eigenvalue weighted by Crippen LogP contribution is -2.25. The van der Waals surface area contributed by atoms with Crippen LogP contribution in [0.2, 0.25) is 5.02 Å². The summed E-state index contributed by atoms with van der Waals surface area (Å²) in [4.78, 5) is 16.4. The highest BCUT2D eigenvalue weighted by atomic mass is 35.5. The molecule has 5 nitrogen and oxygen atoms in total. The average molecular weight is 395 g/mol. The fraction of sp³-hybridized carbons (Fsp3) is 0.278. The van der Waals surface area contributed by atoms with E-state index in [1.54, 1.807) is 22.8 Å². The molecule has 3 rings (SSSR count). The number of fused-ring (bicyclic) bond motifs is 1. The Morgan fingerprint density at radius 1 is 1.26 bits per heavy atom. The van der Waals surface area contributed by atoms with Crippen molar-refractivity contribution in [2.75, 3.05) is 0 Å². The molecule has 0 bridgehead atoms. The summed E-state index contributed by atoms with van der Waals surface area (Å²) in [6, 6.07) is 7.56. The topological polar surface area (TPSA) is 63.6 Å². The third kappa shape index (κ3) is 3.30. The largest absolute Gasteiger partial charge is 0.417 e. The molecule has 0 radical (unpaired) electrons. The molecule has 1 aromatic carbocycles. The number of nitrogens with zero attached hydrogens (tertiary/aromatic N) is 4. The Morgan fingerprint density at radius 3 is 2.52 bits per heavy atom. The standard InChI is InChI=1S/C18H14ClF3N4O/c1-10(2)26-14-4-3-11(7-15(14)25(6-5-23)17(26)27)16-13(19)8-12(9-24-16)18(20,21)22/h3-4,7-10H,6H2,1-2H3. The molecule has 0 N–H and O–H groups in total. The lowest BCUT2D eigenvalue weighted by atomic mass is 10.1. The number of nitriles is 1. The Morgan fingerprint density at radius 2 is 1.96 bits per heavy atom. The van der Waals surface area contributed by atoms with Crippen molar-refractivity contribution in [3.8, 4) is 17.3 Å². The molecule has 0 amide bonds. The van der Waals surface area contributed by atoms with Gasteiger partial charge in [-0.15, -0.1) is 0 Å². The van der Waals surface area contributed by atoms with E-state index in [0.717, 1.165) is 6.07 Å². The van der Waals surface area contributed by atoms with Gasteiger partial charge in [0.05, 0.1) is 33.4 Å². The molecule has 0 aliphatic heterocycles. The van der Waals surface area contributed by atoms with Gasteiger partial charge in [-0.05, 0) is 32.0 Å². The highest BCUT2D eigenvalue weighted by molar-refractivity contribution is 6.33. The van der Waals surface area contributed by atoms with Gasteiger partial charge in [-0.3, -0.25) is 14.1 Å². The average Bonchev–Trinajstić information content (AvgIpc) is 2.86. The molecule has 140 valence electrons. The lowest BCUT2D eigenvalue weighted by molar-refractivity contribution is -0.137. The van der Waals surface area contributed by atoms with E-state index in [0.29, 0.717) is 22.8 Å². The van der Waals surface area contributed by atoms with Crippen molar-refractivity contribution in [2.45, 2.75) is 32.6 Å². The zero-order valence-electron chi connectivity index (χ0n) is 14.4. The molecule has 0 aliphatic carbocycles. The summed E-state index contributed by atoms with van der Waals surface area (Å²) in [5.74, 6) is 0. The Kier molecular flexibility index (Phi) is 4.74. The van der Waals surface area contributed by atoms with Crippen LogP contribution < -0.4 is 5.69 Å². The van der Waals surface area contributed by atoms with Gasteiger partial charge < -0.3 is 0 Å². The minimum atomic E-state index is -4.54. The molecule has 0 unspecified atom stereocenters. The van der Waals surface area contributed by atoms with Crippen LogP contribution in [0.4, 0.5) is 13.2 Å². The quantitative estimate of drug-likeness (QED) is 0.650. The van der Waals surface area contributed by atoms with Crippen molar-refractivity contribution >= 4 is 22.6 Å². The van der Waals surface area contributed by atoms with Crippen LogP contribution in [-0.4, -0.2) is 14.1 Å². The number of rotatable bonds is 3. The van der Waals surface area contributed by atoms with Gasteiger partial charge in [0, 0.05) is 17.8 Å². The first-order valence-electron chi connectivity index (χ1n) is 8.00. The van der Waals surface area contributed by atoms with Gasteiger partial charge in [0.2, 0.25) is 0 Å². The van der Waals surface area contributed by atoms with Crippen LogP contribution in [0.1, 0.15) is 25.5 Å². The second-order valence-corrected chi connectivity index (χ2v) is 6.65. The van der Waals surface area contributed by atoms with Gasteiger partial charge in [-0.1, -0.05) is 17.7 Å². The molecule has 27 heavy (non-hydrogen) atoms. The number of pyridine rings is 1. The Balaban J connectivity index is 2.22. The normalized spacial score (nSPS) is 11.9. The highest BCUT2D eigenvalue weighted by Gasteiger charge is 2.31. The van der Waals surface area contributed by atoms with Crippen LogP contribution in [0.25, 0.3) is 22.3 Å². The number of alkyl halides is 3. The lowest BCUT2D eigenvalue weighted by Gasteiger charge is -2.10. The smallest absolute Gasteiger partial charge is 0.289 e. The first-order chi connectivity index (χ1) is 12.6. The predicted octanol–water partition coefficient (Wildman–Crippen LogP) is 4.64. The van der Waals surface area contributed by atoms with E-state index in [1.165, 1.54) is 4.57 Å². The maximum atomic E-state index is 12.8. The molecule has 3 aromatic rings. The summed E-state index contributed by atoms with van der Waals surface area (Å²) >= 11 is 6.02. The number of hydrogen-bond donors (Lipinski definition) is 0. The van der Waals surface area contributed by atoms with E-state index < -0.39 is 11.7 Å². The maximum Gasteiger partial charge on any atom is 0.417 e. The summed E-state index contributed by atoms with van der Waals surface area (Å²) in [5, 5.41) is 8.88. The second-order valence-electron chi connectivity index (χ2n) is 6.25. The van der Waals surface area contributed by atoms with Crippen LogP contribution in [0.15, 0.2) is 35.3 Å². The maximum absolute atomic E-state index is 12.8. The molecule has 0 atom stereocenters. The van der Waals surface area contributed by atoms with Crippen molar-refractivity contribution in [2.24, 2.45) is 0 Å². The van der Waals surface area contributed by atoms with Gasteiger partial charge in [-0.25, -0.2) is 4.79 Å². The van der Waals surface area contributed by atoms with Crippen LogP contribution in [0, 0.1) is 11.3 Å². The van der Waals surface area contributed by atoms with E-state index >= 15 is 0 Å². The van der Waals surface area contributed by atoms with Crippen LogP contribution in [0.5, 0.6) is 0 Å². The highest BCUT2D eigenvalue weighted by Crippen LogP contribution is 2.34. The summed E-state index contributed by atoms with van der Waals surface area (Å²) in [6.45, 7) is 3.55. The summed E-state index contributed by atoms with van der Waals surface area (Å²) in [7, 11) is 0. The van der Waals surface area contributed by atoms with Crippen LogP contribution in [-0.2, 0) is 12.7 Å². The van der Waals surface area contributed by atoms with Gasteiger partial charge in [-0.2, -0.15) is 18.4 Å². The van der Waals surface area contributed by atoms with Crippen LogP contribution in [0.3, 0.4) is 0 Å². The minimum Gasteiger partial charge on any atom is -0.289 e. The number of benzene rings is 1. The fourth-order valence-corrected chi connectivity index (χ4v) is 3.23. The molecule has 0 saturated carbocycles. The number of hydrogen-bond acceptors (Lipinski definition) is 3. The third-order valence-corrected chi connectivity index (χ3v) is 4.44. The van der Waals surface area contributed by atoms with Gasteiger partial charge in [0.25, 0.3) is 0 Å². The fourth-order valence-electron chi connectivity index (χ4n) is 2.95. The number of aromatic nitrogens is 3. The first kappa shape index (κ1) is 19.0. The number of halogens is 4. The van der Waals surface area contributed by atoms with Crippen LogP contribution >= 0.6 is 11.6 Å². The molecule has 2 aromatic heterocycles. The minimum absolute atomic E-state index is 0.126. The molecule has 0 saturated heterocycles. The van der Waals surface area contributed by atoms with E-state index in [4.69, 9.17) is 16.9 Å². The van der Waals surface area contributed by atoms with Crippen molar-refractivity contribution < 1.29 is 13.2 Å².